The fourth-order valence-electron chi connectivity index (χ4n) is 3.43. The van der Waals surface area contributed by atoms with Crippen molar-refractivity contribution >= 4 is 10.0 Å². The molecule has 0 saturated carbocycles. The average molecular weight is 312 g/mol. The first-order valence-corrected chi connectivity index (χ1v) is 8.98. The number of halogens is 1. The SMILES string of the molecule is CCS(=O)(=O)N1CCC2(CN(Cc3ccc(F)cc3)C2)C1. The fourth-order valence-corrected chi connectivity index (χ4v) is 4.64. The normalized spacial score (nSPS) is 22.6. The van der Waals surface area contributed by atoms with E-state index >= 15 is 0 Å². The van der Waals surface area contributed by atoms with Crippen molar-refractivity contribution in [2.45, 2.75) is 19.9 Å². The van der Waals surface area contributed by atoms with Gasteiger partial charge in [0.05, 0.1) is 5.75 Å². The van der Waals surface area contributed by atoms with E-state index in [0.29, 0.717) is 13.1 Å². The summed E-state index contributed by atoms with van der Waals surface area (Å²) in [5, 5.41) is 0. The van der Waals surface area contributed by atoms with Gasteiger partial charge in [0.2, 0.25) is 10.0 Å². The van der Waals surface area contributed by atoms with Gasteiger partial charge in [-0.2, -0.15) is 0 Å². The minimum atomic E-state index is -3.05. The summed E-state index contributed by atoms with van der Waals surface area (Å²) in [6.45, 7) is 5.67. The minimum absolute atomic E-state index is 0.141. The van der Waals surface area contributed by atoms with E-state index in [9.17, 15) is 12.8 Å². The first-order chi connectivity index (χ1) is 9.92. The van der Waals surface area contributed by atoms with E-state index in [0.717, 1.165) is 31.6 Å². The highest BCUT2D eigenvalue weighted by Crippen LogP contribution is 2.41. The minimum Gasteiger partial charge on any atom is -0.298 e. The molecule has 0 bridgehead atoms. The summed E-state index contributed by atoms with van der Waals surface area (Å²) >= 11 is 0. The molecule has 21 heavy (non-hydrogen) atoms. The lowest BCUT2D eigenvalue weighted by Gasteiger charge is -2.48. The van der Waals surface area contributed by atoms with Crippen molar-refractivity contribution in [1.29, 1.82) is 0 Å². The molecule has 2 saturated heterocycles. The molecule has 0 N–H and O–H groups in total. The highest BCUT2D eigenvalue weighted by molar-refractivity contribution is 7.89. The van der Waals surface area contributed by atoms with Crippen molar-refractivity contribution < 1.29 is 12.8 Å². The second-order valence-corrected chi connectivity index (χ2v) is 8.51. The molecule has 1 aromatic rings. The summed E-state index contributed by atoms with van der Waals surface area (Å²) in [7, 11) is -3.05. The Bertz CT molecular complexity index is 609. The average Bonchev–Trinajstić information content (AvgIpc) is 2.87. The van der Waals surface area contributed by atoms with E-state index in [4.69, 9.17) is 0 Å². The van der Waals surface area contributed by atoms with Crippen LogP contribution in [0.3, 0.4) is 0 Å². The van der Waals surface area contributed by atoms with Crippen LogP contribution < -0.4 is 0 Å². The number of rotatable bonds is 4. The van der Waals surface area contributed by atoms with E-state index in [1.165, 1.54) is 12.1 Å². The van der Waals surface area contributed by atoms with Gasteiger partial charge in [-0.3, -0.25) is 4.90 Å². The number of nitrogens with zero attached hydrogens (tertiary/aromatic N) is 2. The monoisotopic (exact) mass is 312 g/mol. The van der Waals surface area contributed by atoms with E-state index < -0.39 is 10.0 Å². The van der Waals surface area contributed by atoms with Crippen LogP contribution in [0.2, 0.25) is 0 Å². The molecule has 3 rings (SSSR count). The van der Waals surface area contributed by atoms with E-state index in [-0.39, 0.29) is 17.0 Å². The maximum Gasteiger partial charge on any atom is 0.213 e. The molecule has 116 valence electrons. The van der Waals surface area contributed by atoms with Gasteiger partial charge in [0.15, 0.2) is 0 Å². The third-order valence-corrected chi connectivity index (χ3v) is 6.43. The predicted molar refractivity (Wildman–Crippen MR) is 79.8 cm³/mol. The second kappa shape index (κ2) is 5.34. The maximum absolute atomic E-state index is 12.9. The summed E-state index contributed by atoms with van der Waals surface area (Å²) in [4.78, 5) is 2.30. The molecule has 2 aliphatic heterocycles. The van der Waals surface area contributed by atoms with E-state index in [2.05, 4.69) is 4.90 Å². The quantitative estimate of drug-likeness (QED) is 0.849. The molecular weight excluding hydrogens is 291 g/mol. The molecule has 2 aliphatic rings. The van der Waals surface area contributed by atoms with Crippen molar-refractivity contribution in [3.05, 3.63) is 35.6 Å². The molecule has 2 fully saturated rings. The smallest absolute Gasteiger partial charge is 0.213 e. The number of sulfonamides is 1. The van der Waals surface area contributed by atoms with Crippen molar-refractivity contribution in [3.8, 4) is 0 Å². The van der Waals surface area contributed by atoms with Gasteiger partial charge in [0, 0.05) is 38.1 Å². The van der Waals surface area contributed by atoms with Crippen LogP contribution in [-0.4, -0.2) is 49.6 Å². The molecule has 0 aromatic heterocycles. The summed E-state index contributed by atoms with van der Waals surface area (Å²) in [6.07, 6.45) is 0.951. The number of benzene rings is 1. The fraction of sp³-hybridized carbons (Fsp3) is 0.600. The highest BCUT2D eigenvalue weighted by atomic mass is 32.2. The van der Waals surface area contributed by atoms with Gasteiger partial charge in [0.1, 0.15) is 5.82 Å². The standard InChI is InChI=1S/C15H21FN2O2S/c1-2-21(19,20)18-8-7-15(12-18)10-17(11-15)9-13-3-5-14(16)6-4-13/h3-6H,2,7-12H2,1H3. The Hall–Kier alpha value is -0.980. The van der Waals surface area contributed by atoms with Crippen molar-refractivity contribution in [2.24, 2.45) is 5.41 Å². The van der Waals surface area contributed by atoms with E-state index in [1.54, 1.807) is 11.2 Å². The lowest BCUT2D eigenvalue weighted by molar-refractivity contribution is 0.00651. The first kappa shape index (κ1) is 14.9. The van der Waals surface area contributed by atoms with Crippen LogP contribution >= 0.6 is 0 Å². The summed E-state index contributed by atoms with van der Waals surface area (Å²) in [5.74, 6) is -0.0300. The van der Waals surface area contributed by atoms with Crippen molar-refractivity contribution in [2.75, 3.05) is 31.9 Å². The van der Waals surface area contributed by atoms with Crippen molar-refractivity contribution in [3.63, 3.8) is 0 Å². The van der Waals surface area contributed by atoms with Gasteiger partial charge < -0.3 is 0 Å². The summed E-state index contributed by atoms with van der Waals surface area (Å²) in [6, 6.07) is 6.58. The van der Waals surface area contributed by atoms with E-state index in [1.807, 2.05) is 12.1 Å². The van der Waals surface area contributed by atoms with Crippen LogP contribution in [0.4, 0.5) is 4.39 Å². The predicted octanol–water partition coefficient (Wildman–Crippen LogP) is 1.68. The Morgan fingerprint density at radius 2 is 1.86 bits per heavy atom. The molecule has 4 nitrogen and oxygen atoms in total. The Balaban J connectivity index is 1.55. The van der Waals surface area contributed by atoms with Gasteiger partial charge >= 0.3 is 0 Å². The van der Waals surface area contributed by atoms with Crippen molar-refractivity contribution in [1.82, 2.24) is 9.21 Å². The lowest BCUT2D eigenvalue weighted by Crippen LogP contribution is -2.57. The first-order valence-electron chi connectivity index (χ1n) is 7.37. The lowest BCUT2D eigenvalue weighted by atomic mass is 9.79. The van der Waals surface area contributed by atoms with Crippen LogP contribution in [-0.2, 0) is 16.6 Å². The van der Waals surface area contributed by atoms with Crippen LogP contribution in [0.15, 0.2) is 24.3 Å². The highest BCUT2D eigenvalue weighted by Gasteiger charge is 2.49. The van der Waals surface area contributed by atoms with Gasteiger partial charge in [0.25, 0.3) is 0 Å². The van der Waals surface area contributed by atoms with Crippen LogP contribution in [0.5, 0.6) is 0 Å². The Labute approximate surface area is 125 Å². The molecule has 1 spiro atoms. The molecule has 0 aliphatic carbocycles. The number of hydrogen-bond donors (Lipinski definition) is 0. The van der Waals surface area contributed by atoms with Crippen LogP contribution in [0, 0.1) is 11.2 Å². The molecule has 0 radical (unpaired) electrons. The largest absolute Gasteiger partial charge is 0.298 e. The van der Waals surface area contributed by atoms with Gasteiger partial charge in [-0.1, -0.05) is 12.1 Å². The third-order valence-electron chi connectivity index (χ3n) is 4.60. The molecular formula is C15H21FN2O2S. The molecule has 2 heterocycles. The zero-order valence-electron chi connectivity index (χ0n) is 12.3. The molecule has 0 atom stereocenters. The van der Waals surface area contributed by atoms with Gasteiger partial charge in [-0.05, 0) is 31.0 Å². The maximum atomic E-state index is 12.9. The molecule has 0 unspecified atom stereocenters. The number of hydrogen-bond acceptors (Lipinski definition) is 3. The summed E-state index contributed by atoms with van der Waals surface area (Å²) in [5.41, 5.74) is 1.24. The third kappa shape index (κ3) is 2.98. The zero-order chi connectivity index (χ0) is 15.1. The topological polar surface area (TPSA) is 40.6 Å². The zero-order valence-corrected chi connectivity index (χ0v) is 13.1. The molecule has 1 aromatic carbocycles. The second-order valence-electron chi connectivity index (χ2n) is 6.26. The summed E-state index contributed by atoms with van der Waals surface area (Å²) < 4.78 is 38.3. The molecule has 6 heteroatoms. The van der Waals surface area contributed by atoms with Crippen LogP contribution in [0.1, 0.15) is 18.9 Å². The van der Waals surface area contributed by atoms with Gasteiger partial charge in [-0.15, -0.1) is 0 Å². The van der Waals surface area contributed by atoms with Gasteiger partial charge in [-0.25, -0.2) is 17.1 Å². The number of likely N-dealkylation sites (tertiary alicyclic amines) is 1. The Morgan fingerprint density at radius 1 is 1.19 bits per heavy atom. The Morgan fingerprint density at radius 3 is 2.48 bits per heavy atom. The van der Waals surface area contributed by atoms with Crippen LogP contribution in [0.25, 0.3) is 0 Å². The Kier molecular flexibility index (Phi) is 3.80. The molecule has 0 amide bonds.